The Morgan fingerprint density at radius 3 is 3.09 bits per heavy atom. The molecule has 0 saturated carbocycles. The first-order chi connectivity index (χ1) is 5.26. The second-order valence-corrected chi connectivity index (χ2v) is 2.31. The van der Waals surface area contributed by atoms with Crippen LogP contribution in [0, 0.1) is 0 Å². The normalized spacial score (nSPS) is 9.64. The third-order valence-electron chi connectivity index (χ3n) is 1.02. The molecule has 0 aliphatic heterocycles. The molecule has 0 saturated heterocycles. The van der Waals surface area contributed by atoms with Crippen LogP contribution in [0.4, 0.5) is 0 Å². The van der Waals surface area contributed by atoms with E-state index in [9.17, 15) is 4.79 Å². The summed E-state index contributed by atoms with van der Waals surface area (Å²) in [6.45, 7) is 0. The highest BCUT2D eigenvalue weighted by Crippen LogP contribution is 2.05. The smallest absolute Gasteiger partial charge is 0.342 e. The van der Waals surface area contributed by atoms with Gasteiger partial charge in [-0.2, -0.15) is 4.98 Å². The Balaban J connectivity index is 3.12. The van der Waals surface area contributed by atoms with Gasteiger partial charge in [0.05, 0.1) is 18.5 Å². The van der Waals surface area contributed by atoms with Crippen molar-refractivity contribution < 1.29 is 9.15 Å². The molecule has 0 fully saturated rings. The van der Waals surface area contributed by atoms with E-state index in [1.54, 1.807) is 0 Å². The second kappa shape index (κ2) is 3.52. The lowest BCUT2D eigenvalue weighted by molar-refractivity contribution is 0.367. The van der Waals surface area contributed by atoms with Crippen LogP contribution in [0.5, 0.6) is 5.88 Å². The molecule has 11 heavy (non-hydrogen) atoms. The number of nitrogens with zero attached hydrogens (tertiary/aromatic N) is 1. The van der Waals surface area contributed by atoms with Crippen molar-refractivity contribution in [3.63, 3.8) is 0 Å². The van der Waals surface area contributed by atoms with E-state index in [1.807, 2.05) is 0 Å². The molecule has 0 atom stereocenters. The van der Waals surface area contributed by atoms with Crippen LogP contribution in [0.1, 0.15) is 5.89 Å². The number of hydrogen-bond acceptors (Lipinski definition) is 4. The average molecular weight is 220 g/mol. The van der Waals surface area contributed by atoms with Crippen LogP contribution in [-0.2, 0) is 5.33 Å². The molecule has 1 rings (SSSR count). The lowest BCUT2D eigenvalue weighted by atomic mass is 10.6. The molecule has 0 aliphatic rings. The van der Waals surface area contributed by atoms with E-state index >= 15 is 0 Å². The maximum absolute atomic E-state index is 10.7. The predicted molar refractivity (Wildman–Crippen MR) is 42.0 cm³/mol. The van der Waals surface area contributed by atoms with E-state index in [0.29, 0.717) is 11.2 Å². The Morgan fingerprint density at radius 1 is 1.82 bits per heavy atom. The van der Waals surface area contributed by atoms with Crippen LogP contribution in [0.3, 0.4) is 0 Å². The fraction of sp³-hybridized carbons (Fsp3) is 0.333. The zero-order chi connectivity index (χ0) is 8.27. The van der Waals surface area contributed by atoms with Crippen molar-refractivity contribution in [1.29, 1.82) is 0 Å². The number of ether oxygens (including phenoxy) is 1. The summed E-state index contributed by atoms with van der Waals surface area (Å²) in [6, 6.07) is 1.19. The van der Waals surface area contributed by atoms with Gasteiger partial charge in [0, 0.05) is 0 Å². The Labute approximate surface area is 71.3 Å². The molecule has 1 heterocycles. The molecule has 1 aromatic rings. The summed E-state index contributed by atoms with van der Waals surface area (Å²) in [4.78, 5) is 14.6. The lowest BCUT2D eigenvalue weighted by Crippen LogP contribution is -2.03. The zero-order valence-electron chi connectivity index (χ0n) is 5.83. The highest BCUT2D eigenvalue weighted by Gasteiger charge is 2.00. The summed E-state index contributed by atoms with van der Waals surface area (Å²) >= 11 is 3.10. The van der Waals surface area contributed by atoms with E-state index in [-0.39, 0.29) is 5.88 Å². The minimum Gasteiger partial charge on any atom is -0.481 e. The molecule has 0 aromatic carbocycles. The number of halogens is 1. The Bertz CT molecular complexity index is 271. The van der Waals surface area contributed by atoms with Gasteiger partial charge >= 0.3 is 5.63 Å². The summed E-state index contributed by atoms with van der Waals surface area (Å²) in [5.41, 5.74) is -0.452. The van der Waals surface area contributed by atoms with Gasteiger partial charge in [0.25, 0.3) is 0 Å². The van der Waals surface area contributed by atoms with Gasteiger partial charge in [-0.1, -0.05) is 15.9 Å². The summed E-state index contributed by atoms with van der Waals surface area (Å²) in [6.07, 6.45) is 0. The predicted octanol–water partition coefficient (Wildman–Crippen LogP) is 0.938. The first-order valence-corrected chi connectivity index (χ1v) is 3.99. The topological polar surface area (TPSA) is 52.3 Å². The molecule has 0 amide bonds. The van der Waals surface area contributed by atoms with Gasteiger partial charge in [-0.15, -0.1) is 0 Å². The van der Waals surface area contributed by atoms with E-state index in [2.05, 4.69) is 25.3 Å². The molecular formula is C6H6BrNO3. The third-order valence-corrected chi connectivity index (χ3v) is 1.50. The number of hydrogen-bond donors (Lipinski definition) is 0. The van der Waals surface area contributed by atoms with Crippen LogP contribution >= 0.6 is 15.9 Å². The Kier molecular flexibility index (Phi) is 2.64. The molecular weight excluding hydrogens is 214 g/mol. The number of methoxy groups -OCH3 is 1. The van der Waals surface area contributed by atoms with Gasteiger partial charge in [-0.3, -0.25) is 0 Å². The fourth-order valence-electron chi connectivity index (χ4n) is 0.586. The maximum atomic E-state index is 10.7. The quantitative estimate of drug-likeness (QED) is 0.696. The molecule has 0 aliphatic carbocycles. The Morgan fingerprint density at radius 2 is 2.55 bits per heavy atom. The average Bonchev–Trinajstić information content (AvgIpc) is 2.03. The largest absolute Gasteiger partial charge is 0.481 e. The van der Waals surface area contributed by atoms with Crippen molar-refractivity contribution in [3.8, 4) is 5.88 Å². The minimum absolute atomic E-state index is 0.274. The molecule has 0 spiro atoms. The van der Waals surface area contributed by atoms with E-state index in [1.165, 1.54) is 13.2 Å². The van der Waals surface area contributed by atoms with Crippen LogP contribution in [0.2, 0.25) is 0 Å². The second-order valence-electron chi connectivity index (χ2n) is 1.75. The zero-order valence-corrected chi connectivity index (χ0v) is 7.42. The number of rotatable bonds is 2. The van der Waals surface area contributed by atoms with E-state index in [4.69, 9.17) is 4.74 Å². The van der Waals surface area contributed by atoms with Crippen LogP contribution < -0.4 is 10.4 Å². The van der Waals surface area contributed by atoms with Crippen molar-refractivity contribution in [3.05, 3.63) is 22.4 Å². The third kappa shape index (κ3) is 2.04. The van der Waals surface area contributed by atoms with E-state index < -0.39 is 5.63 Å². The molecule has 60 valence electrons. The molecule has 0 bridgehead atoms. The summed E-state index contributed by atoms with van der Waals surface area (Å²) < 4.78 is 9.42. The molecule has 4 nitrogen and oxygen atoms in total. The van der Waals surface area contributed by atoms with Gasteiger partial charge in [0.15, 0.2) is 0 Å². The van der Waals surface area contributed by atoms with Crippen LogP contribution in [-0.4, -0.2) is 12.1 Å². The minimum atomic E-state index is -0.452. The van der Waals surface area contributed by atoms with E-state index in [0.717, 1.165) is 0 Å². The van der Waals surface area contributed by atoms with Gasteiger partial charge in [0.1, 0.15) is 0 Å². The standard InChI is InChI=1S/C6H6BrNO3/c1-10-4-2-6(9)11-5(3-7)8-4/h2H,3H2,1H3. The van der Waals surface area contributed by atoms with Crippen molar-refractivity contribution in [2.45, 2.75) is 5.33 Å². The first kappa shape index (κ1) is 8.26. The monoisotopic (exact) mass is 219 g/mol. The van der Waals surface area contributed by atoms with Gasteiger partial charge in [0.2, 0.25) is 11.8 Å². The fourth-order valence-corrected chi connectivity index (χ4v) is 0.826. The summed E-state index contributed by atoms with van der Waals surface area (Å²) in [7, 11) is 1.44. The molecule has 0 radical (unpaired) electrons. The number of aromatic nitrogens is 1. The van der Waals surface area contributed by atoms with Crippen molar-refractivity contribution in [2.75, 3.05) is 7.11 Å². The molecule has 0 unspecified atom stereocenters. The Hall–Kier alpha value is -0.840. The van der Waals surface area contributed by atoms with Crippen molar-refractivity contribution in [1.82, 2.24) is 4.98 Å². The van der Waals surface area contributed by atoms with Crippen molar-refractivity contribution in [2.24, 2.45) is 0 Å². The van der Waals surface area contributed by atoms with Gasteiger partial charge < -0.3 is 9.15 Å². The lowest BCUT2D eigenvalue weighted by Gasteiger charge is -1.97. The van der Waals surface area contributed by atoms with Crippen LogP contribution in [0.15, 0.2) is 15.3 Å². The van der Waals surface area contributed by atoms with Gasteiger partial charge in [-0.25, -0.2) is 4.79 Å². The first-order valence-electron chi connectivity index (χ1n) is 2.87. The highest BCUT2D eigenvalue weighted by molar-refractivity contribution is 9.08. The molecule has 0 N–H and O–H groups in total. The maximum Gasteiger partial charge on any atom is 0.342 e. The highest BCUT2D eigenvalue weighted by atomic mass is 79.9. The van der Waals surface area contributed by atoms with Gasteiger partial charge in [-0.05, 0) is 0 Å². The van der Waals surface area contributed by atoms with Crippen LogP contribution in [0.25, 0.3) is 0 Å². The number of alkyl halides is 1. The summed E-state index contributed by atoms with van der Waals surface area (Å²) in [5.74, 6) is 0.588. The molecule has 5 heteroatoms. The summed E-state index contributed by atoms with van der Waals surface area (Å²) in [5, 5.41) is 0.402. The SMILES string of the molecule is COc1cc(=O)oc(CBr)n1. The molecule has 1 aromatic heterocycles. The van der Waals surface area contributed by atoms with Crippen molar-refractivity contribution >= 4 is 15.9 Å².